The summed E-state index contributed by atoms with van der Waals surface area (Å²) in [4.78, 5) is 0. The molecule has 0 aliphatic heterocycles. The third kappa shape index (κ3) is 3.85. The number of hydrogen-bond acceptors (Lipinski definition) is 4. The zero-order valence-corrected chi connectivity index (χ0v) is 29.2. The summed E-state index contributed by atoms with van der Waals surface area (Å²) in [5.74, 6) is 0. The van der Waals surface area contributed by atoms with Gasteiger partial charge in [-0.05, 0) is 65.4 Å². The van der Waals surface area contributed by atoms with Crippen LogP contribution in [-0.4, -0.2) is 17.9 Å². The Morgan fingerprint density at radius 1 is 0.404 bits per heavy atom. The van der Waals surface area contributed by atoms with Crippen LogP contribution in [0.5, 0.6) is 0 Å². The molecule has 0 N–H and O–H groups in total. The van der Waals surface area contributed by atoms with E-state index in [1.165, 1.54) is 69.9 Å². The number of hydrogen-bond donors (Lipinski definition) is 0. The monoisotopic (exact) mass is 698 g/mol. The number of benzene rings is 8. The Kier molecular flexibility index (Phi) is 5.78. The summed E-state index contributed by atoms with van der Waals surface area (Å²) in [6.07, 6.45) is 0. The van der Waals surface area contributed by atoms with Gasteiger partial charge < -0.3 is 9.13 Å². The van der Waals surface area contributed by atoms with E-state index in [0.29, 0.717) is 0 Å². The van der Waals surface area contributed by atoms with E-state index >= 15 is 0 Å². The summed E-state index contributed by atoms with van der Waals surface area (Å²) in [6.45, 7) is 0. The topological polar surface area (TPSA) is 35.6 Å². The largest absolute Gasteiger partial charge is 0.309 e. The van der Waals surface area contributed by atoms with Crippen LogP contribution in [-0.2, 0) is 0 Å². The number of aromatic nitrogens is 4. The van der Waals surface area contributed by atoms with Crippen LogP contribution >= 0.6 is 23.1 Å². The molecule has 0 saturated heterocycles. The molecule has 0 fully saturated rings. The van der Waals surface area contributed by atoms with Gasteiger partial charge in [-0.3, -0.25) is 0 Å². The van der Waals surface area contributed by atoms with Gasteiger partial charge in [-0.25, -0.2) is 0 Å². The lowest BCUT2D eigenvalue weighted by Gasteiger charge is -2.14. The SMILES string of the molecule is c1ccc2cc(-n3c4ccccc4c4cccc(-c5cc6c(c7ccccc7n6-c6ccc7sc8ccccc8c7c6)c6nsnc56)c43)ccc2c1. The molecule has 12 rings (SSSR count). The van der Waals surface area contributed by atoms with Crippen LogP contribution in [0.3, 0.4) is 0 Å². The summed E-state index contributed by atoms with van der Waals surface area (Å²) < 4.78 is 17.5. The maximum atomic E-state index is 5.02. The molecule has 0 amide bonds. The fourth-order valence-electron chi connectivity index (χ4n) is 8.54. The Balaban J connectivity index is 1.21. The van der Waals surface area contributed by atoms with Crippen molar-refractivity contribution in [3.05, 3.63) is 158 Å². The Morgan fingerprint density at radius 2 is 1.08 bits per heavy atom. The number of nitrogens with zero attached hydrogens (tertiary/aromatic N) is 4. The Labute approximate surface area is 305 Å². The molecule has 4 nitrogen and oxygen atoms in total. The number of para-hydroxylation sites is 3. The fraction of sp³-hybridized carbons (Fsp3) is 0. The molecule has 52 heavy (non-hydrogen) atoms. The molecule has 0 aliphatic rings. The lowest BCUT2D eigenvalue weighted by molar-refractivity contribution is 1.18. The highest BCUT2D eigenvalue weighted by molar-refractivity contribution is 7.25. The first-order chi connectivity index (χ1) is 25.8. The van der Waals surface area contributed by atoms with Gasteiger partial charge in [0.2, 0.25) is 0 Å². The first-order valence-electron chi connectivity index (χ1n) is 17.4. The van der Waals surface area contributed by atoms with Gasteiger partial charge in [0.25, 0.3) is 0 Å². The minimum Gasteiger partial charge on any atom is -0.309 e. The molecule has 8 aromatic carbocycles. The van der Waals surface area contributed by atoms with Crippen LogP contribution in [0.25, 0.3) is 108 Å². The Morgan fingerprint density at radius 3 is 1.98 bits per heavy atom. The van der Waals surface area contributed by atoms with Gasteiger partial charge in [0.1, 0.15) is 11.0 Å². The van der Waals surface area contributed by atoms with E-state index in [-0.39, 0.29) is 0 Å². The molecule has 0 saturated carbocycles. The highest BCUT2D eigenvalue weighted by Gasteiger charge is 2.24. The molecule has 0 atom stereocenters. The van der Waals surface area contributed by atoms with Crippen molar-refractivity contribution in [1.82, 2.24) is 17.9 Å². The van der Waals surface area contributed by atoms with Crippen LogP contribution in [0.2, 0.25) is 0 Å². The van der Waals surface area contributed by atoms with E-state index in [0.717, 1.165) is 50.0 Å². The van der Waals surface area contributed by atoms with Gasteiger partial charge in [0.05, 0.1) is 33.8 Å². The molecular weight excluding hydrogens is 673 g/mol. The smallest absolute Gasteiger partial charge is 0.115 e. The number of thiophene rings is 1. The van der Waals surface area contributed by atoms with Gasteiger partial charge in [0, 0.05) is 64.2 Å². The molecule has 6 heteroatoms. The van der Waals surface area contributed by atoms with E-state index in [1.807, 2.05) is 11.3 Å². The summed E-state index contributed by atoms with van der Waals surface area (Å²) in [5.41, 5.74) is 11.0. The second-order valence-corrected chi connectivity index (χ2v) is 15.1. The maximum Gasteiger partial charge on any atom is 0.115 e. The van der Waals surface area contributed by atoms with Crippen LogP contribution in [0, 0.1) is 0 Å². The number of fused-ring (bicyclic) bond motifs is 12. The van der Waals surface area contributed by atoms with Crippen LogP contribution in [0.4, 0.5) is 0 Å². The van der Waals surface area contributed by atoms with Crippen LogP contribution < -0.4 is 0 Å². The quantitative estimate of drug-likeness (QED) is 0.184. The van der Waals surface area contributed by atoms with E-state index < -0.39 is 0 Å². The summed E-state index contributed by atoms with van der Waals surface area (Å²) >= 11 is 3.14. The Bertz CT molecular complexity index is 3430. The molecule has 0 aliphatic carbocycles. The molecule has 4 heterocycles. The molecule has 0 radical (unpaired) electrons. The Hall–Kier alpha value is -6.34. The minimum absolute atomic E-state index is 0.933. The van der Waals surface area contributed by atoms with Crippen molar-refractivity contribution < 1.29 is 0 Å². The lowest BCUT2D eigenvalue weighted by atomic mass is 9.98. The maximum absolute atomic E-state index is 5.02. The molecule has 12 aromatic rings. The van der Waals surface area contributed by atoms with Crippen molar-refractivity contribution in [3.8, 4) is 22.5 Å². The fourth-order valence-corrected chi connectivity index (χ4v) is 10.2. The van der Waals surface area contributed by atoms with Gasteiger partial charge in [-0.15, -0.1) is 11.3 Å². The minimum atomic E-state index is 0.933. The second kappa shape index (κ2) is 10.6. The zero-order chi connectivity index (χ0) is 33.9. The first-order valence-corrected chi connectivity index (χ1v) is 19.0. The number of rotatable bonds is 3. The molecule has 242 valence electrons. The molecule has 0 unspecified atom stereocenters. The second-order valence-electron chi connectivity index (χ2n) is 13.5. The average molecular weight is 699 g/mol. The van der Waals surface area contributed by atoms with E-state index in [2.05, 4.69) is 167 Å². The highest BCUT2D eigenvalue weighted by atomic mass is 32.1. The van der Waals surface area contributed by atoms with Gasteiger partial charge in [-0.2, -0.15) is 8.75 Å². The van der Waals surface area contributed by atoms with Crippen molar-refractivity contribution in [3.63, 3.8) is 0 Å². The molecule has 0 spiro atoms. The van der Waals surface area contributed by atoms with Gasteiger partial charge in [-0.1, -0.05) is 103 Å². The summed E-state index contributed by atoms with van der Waals surface area (Å²) in [5, 5.41) is 9.79. The first kappa shape index (κ1) is 28.4. The molecular formula is C46H26N4S2. The lowest BCUT2D eigenvalue weighted by Crippen LogP contribution is -1.97. The highest BCUT2D eigenvalue weighted by Crippen LogP contribution is 2.45. The predicted octanol–water partition coefficient (Wildman–Crippen LogP) is 13.1. The van der Waals surface area contributed by atoms with Gasteiger partial charge in [0.15, 0.2) is 0 Å². The summed E-state index contributed by atoms with van der Waals surface area (Å²) in [6, 6.07) is 57.5. The van der Waals surface area contributed by atoms with Crippen molar-refractivity contribution in [2.24, 2.45) is 0 Å². The van der Waals surface area contributed by atoms with Crippen molar-refractivity contribution >= 4 is 109 Å². The van der Waals surface area contributed by atoms with E-state index in [4.69, 9.17) is 8.75 Å². The zero-order valence-electron chi connectivity index (χ0n) is 27.6. The predicted molar refractivity (Wildman–Crippen MR) is 222 cm³/mol. The summed E-state index contributed by atoms with van der Waals surface area (Å²) in [7, 11) is 0. The average Bonchev–Trinajstić information content (AvgIpc) is 3.98. The normalized spacial score (nSPS) is 12.2. The van der Waals surface area contributed by atoms with Crippen molar-refractivity contribution in [2.45, 2.75) is 0 Å². The molecule has 4 aromatic heterocycles. The van der Waals surface area contributed by atoms with Crippen molar-refractivity contribution in [1.29, 1.82) is 0 Å². The third-order valence-corrected chi connectivity index (χ3v) is 12.4. The molecule has 0 bridgehead atoms. The van der Waals surface area contributed by atoms with Crippen molar-refractivity contribution in [2.75, 3.05) is 0 Å². The third-order valence-electron chi connectivity index (χ3n) is 10.8. The van der Waals surface area contributed by atoms with E-state index in [9.17, 15) is 0 Å². The van der Waals surface area contributed by atoms with Crippen LogP contribution in [0.1, 0.15) is 0 Å². The van der Waals surface area contributed by atoms with E-state index in [1.54, 1.807) is 0 Å². The van der Waals surface area contributed by atoms with Crippen LogP contribution in [0.15, 0.2) is 158 Å². The standard InChI is InChI=1S/C46H26N4S2/c1-2-11-28-24-29(21-20-27(28)10-1)50-38-17-6-3-12-31(38)33-15-9-16-34(46(33)50)37-26-40-43(45-44(37)47-52-48-45)35-14-4-7-18-39(35)49(40)30-22-23-42-36(25-30)32-13-5-8-19-41(32)51-42/h1-26H. The van der Waals surface area contributed by atoms with Gasteiger partial charge >= 0.3 is 0 Å².